The van der Waals surface area contributed by atoms with E-state index in [9.17, 15) is 0 Å². The smallest absolute Gasteiger partial charge is 0.165 e. The maximum atomic E-state index is 6.79. The number of ether oxygens (including phenoxy) is 2. The van der Waals surface area contributed by atoms with Crippen LogP contribution < -0.4 is 9.47 Å². The van der Waals surface area contributed by atoms with Crippen LogP contribution in [0.25, 0.3) is 0 Å². The maximum Gasteiger partial charge on any atom is 0.165 e. The normalized spacial score (nSPS) is 20.7. The third-order valence-corrected chi connectivity index (χ3v) is 8.38. The van der Waals surface area contributed by atoms with Crippen LogP contribution in [0.5, 0.6) is 11.5 Å². The Morgan fingerprint density at radius 2 is 1.43 bits per heavy atom. The fourth-order valence-electron chi connectivity index (χ4n) is 6.48. The molecule has 0 aromatic heterocycles. The van der Waals surface area contributed by atoms with Crippen molar-refractivity contribution >= 4 is 0 Å². The lowest BCUT2D eigenvalue weighted by Gasteiger charge is -2.48. The maximum absolute atomic E-state index is 6.79. The summed E-state index contributed by atoms with van der Waals surface area (Å²) in [5.41, 5.74) is 6.96. The van der Waals surface area contributed by atoms with Gasteiger partial charge in [0.1, 0.15) is 13.2 Å². The highest BCUT2D eigenvalue weighted by Gasteiger charge is 2.44. The molecule has 3 aromatic carbocycles. The predicted molar refractivity (Wildman–Crippen MR) is 144 cm³/mol. The summed E-state index contributed by atoms with van der Waals surface area (Å²) in [4.78, 5) is 0. The van der Waals surface area contributed by atoms with Crippen LogP contribution >= 0.6 is 0 Å². The predicted octanol–water partition coefficient (Wildman–Crippen LogP) is 8.82. The largest absolute Gasteiger partial charge is 0.485 e. The van der Waals surface area contributed by atoms with Crippen LogP contribution in [0.4, 0.5) is 0 Å². The van der Waals surface area contributed by atoms with Crippen LogP contribution in [0.15, 0.2) is 66.7 Å². The number of fused-ring (bicyclic) bond motifs is 3. The van der Waals surface area contributed by atoms with Crippen LogP contribution in [-0.2, 0) is 19.6 Å². The highest BCUT2D eigenvalue weighted by Crippen LogP contribution is 2.58. The molecule has 2 aliphatic rings. The number of rotatable bonds is 7. The molecule has 0 aliphatic heterocycles. The highest BCUT2D eigenvalue weighted by molar-refractivity contribution is 5.59. The van der Waals surface area contributed by atoms with E-state index < -0.39 is 0 Å². The Morgan fingerprint density at radius 3 is 2.03 bits per heavy atom. The van der Waals surface area contributed by atoms with E-state index >= 15 is 0 Å². The molecule has 5 rings (SSSR count). The Balaban J connectivity index is 1.60. The summed E-state index contributed by atoms with van der Waals surface area (Å²) in [6.07, 6.45) is 6.29. The van der Waals surface area contributed by atoms with Crippen LogP contribution in [0.3, 0.4) is 0 Å². The van der Waals surface area contributed by atoms with Gasteiger partial charge in [0.25, 0.3) is 0 Å². The monoisotopic (exact) mass is 468 g/mol. The number of hydrogen-bond acceptors (Lipinski definition) is 2. The van der Waals surface area contributed by atoms with Crippen molar-refractivity contribution in [1.82, 2.24) is 0 Å². The quantitative estimate of drug-likeness (QED) is 0.345. The second-order valence-electron chi connectivity index (χ2n) is 11.5. The topological polar surface area (TPSA) is 18.5 Å². The molecule has 0 spiro atoms. The van der Waals surface area contributed by atoms with Gasteiger partial charge in [0, 0.05) is 11.1 Å². The van der Waals surface area contributed by atoms with Crippen molar-refractivity contribution < 1.29 is 9.47 Å². The van der Waals surface area contributed by atoms with Gasteiger partial charge >= 0.3 is 0 Å². The van der Waals surface area contributed by atoms with Gasteiger partial charge < -0.3 is 9.47 Å². The molecule has 2 nitrogen and oxygen atoms in total. The zero-order valence-corrected chi connectivity index (χ0v) is 21.8. The summed E-state index contributed by atoms with van der Waals surface area (Å²) < 4.78 is 13.5. The van der Waals surface area contributed by atoms with E-state index in [2.05, 4.69) is 94.4 Å². The summed E-state index contributed by atoms with van der Waals surface area (Å²) in [6.45, 7) is 10.6. The van der Waals surface area contributed by atoms with E-state index in [1.54, 1.807) is 0 Å². The average molecular weight is 469 g/mol. The van der Waals surface area contributed by atoms with E-state index in [-0.39, 0.29) is 0 Å². The molecule has 0 amide bonds. The molecular weight excluding hydrogens is 428 g/mol. The first-order valence-electron chi connectivity index (χ1n) is 13.5. The number of hydrogen-bond donors (Lipinski definition) is 0. The molecular formula is C33H40O2. The van der Waals surface area contributed by atoms with Crippen molar-refractivity contribution in [2.45, 2.75) is 84.8 Å². The molecule has 0 N–H and O–H groups in total. The molecule has 2 heteroatoms. The first kappa shape index (κ1) is 24.0. The Hall–Kier alpha value is -2.74. The first-order chi connectivity index (χ1) is 16.9. The average Bonchev–Trinajstić information content (AvgIpc) is 2.86. The fourth-order valence-corrected chi connectivity index (χ4v) is 6.48. The second kappa shape index (κ2) is 10.1. The lowest BCUT2D eigenvalue weighted by molar-refractivity contribution is 0.0944. The van der Waals surface area contributed by atoms with Gasteiger partial charge in [-0.05, 0) is 65.5 Å². The van der Waals surface area contributed by atoms with Gasteiger partial charge in [0.05, 0.1) is 0 Å². The Morgan fingerprint density at radius 1 is 0.829 bits per heavy atom. The molecule has 35 heavy (non-hydrogen) atoms. The molecule has 2 atom stereocenters. The lowest BCUT2D eigenvalue weighted by Crippen LogP contribution is -2.37. The van der Waals surface area contributed by atoms with Crippen molar-refractivity contribution in [2.24, 2.45) is 11.3 Å². The van der Waals surface area contributed by atoms with Crippen LogP contribution in [0.2, 0.25) is 0 Å². The van der Waals surface area contributed by atoms with Gasteiger partial charge in [0.15, 0.2) is 11.5 Å². The SMILES string of the molecule is CC(C)c1cc2c(c(OCc3ccccc3)c1OCc1ccccc1)C1CCCC(C)(C)C1CC2. The summed E-state index contributed by atoms with van der Waals surface area (Å²) in [5.74, 6) is 3.59. The van der Waals surface area contributed by atoms with Gasteiger partial charge in [-0.2, -0.15) is 0 Å². The molecule has 0 bridgehead atoms. The standard InChI is InChI=1S/C33H40O2/c1-23(2)28-20-26-17-18-29-27(16-11-19-33(29,3)4)30(26)32(35-22-25-14-9-6-10-15-25)31(28)34-21-24-12-7-5-8-13-24/h5-10,12-15,20,23,27,29H,11,16-19,21-22H2,1-4H3. The highest BCUT2D eigenvalue weighted by atomic mass is 16.5. The third-order valence-electron chi connectivity index (χ3n) is 8.38. The van der Waals surface area contributed by atoms with Crippen molar-refractivity contribution in [3.63, 3.8) is 0 Å². The van der Waals surface area contributed by atoms with E-state index in [0.29, 0.717) is 36.4 Å². The number of benzene rings is 3. The van der Waals surface area contributed by atoms with Gasteiger partial charge in [-0.25, -0.2) is 0 Å². The van der Waals surface area contributed by atoms with E-state index in [1.807, 2.05) is 0 Å². The first-order valence-corrected chi connectivity index (χ1v) is 13.5. The van der Waals surface area contributed by atoms with Gasteiger partial charge in [-0.3, -0.25) is 0 Å². The minimum absolute atomic E-state index is 0.366. The molecule has 1 saturated carbocycles. The van der Waals surface area contributed by atoms with Crippen molar-refractivity contribution in [2.75, 3.05) is 0 Å². The molecule has 0 saturated heterocycles. The van der Waals surface area contributed by atoms with Gasteiger partial charge in [-0.15, -0.1) is 0 Å². The van der Waals surface area contributed by atoms with Crippen LogP contribution in [-0.4, -0.2) is 0 Å². The summed E-state index contributed by atoms with van der Waals surface area (Å²) in [6, 6.07) is 23.5. The summed E-state index contributed by atoms with van der Waals surface area (Å²) in [7, 11) is 0. The van der Waals surface area contributed by atoms with Gasteiger partial charge in [0.2, 0.25) is 0 Å². The molecule has 2 aliphatic carbocycles. The molecule has 1 fully saturated rings. The molecule has 184 valence electrons. The summed E-state index contributed by atoms with van der Waals surface area (Å²) in [5, 5.41) is 0. The zero-order chi connectivity index (χ0) is 24.4. The van der Waals surface area contributed by atoms with E-state index in [0.717, 1.165) is 17.9 Å². The van der Waals surface area contributed by atoms with Crippen molar-refractivity contribution in [3.8, 4) is 11.5 Å². The molecule has 0 radical (unpaired) electrons. The molecule has 0 heterocycles. The van der Waals surface area contributed by atoms with E-state index in [4.69, 9.17) is 9.47 Å². The second-order valence-corrected chi connectivity index (χ2v) is 11.5. The van der Waals surface area contributed by atoms with Crippen molar-refractivity contribution in [3.05, 3.63) is 94.5 Å². The summed E-state index contributed by atoms with van der Waals surface area (Å²) >= 11 is 0. The minimum atomic E-state index is 0.366. The van der Waals surface area contributed by atoms with Crippen molar-refractivity contribution in [1.29, 1.82) is 0 Å². The minimum Gasteiger partial charge on any atom is -0.485 e. The zero-order valence-electron chi connectivity index (χ0n) is 21.8. The Labute approximate surface area is 211 Å². The Kier molecular flexibility index (Phi) is 6.91. The fraction of sp³-hybridized carbons (Fsp3) is 0.455. The molecule has 3 aromatic rings. The Bertz CT molecular complexity index is 1130. The third kappa shape index (κ3) is 4.99. The van der Waals surface area contributed by atoms with Crippen LogP contribution in [0, 0.1) is 11.3 Å². The van der Waals surface area contributed by atoms with Gasteiger partial charge in [-0.1, -0.05) is 101 Å². The number of aryl methyl sites for hydroxylation is 1. The molecule has 2 unspecified atom stereocenters. The lowest BCUT2D eigenvalue weighted by atomic mass is 9.57. The van der Waals surface area contributed by atoms with E-state index in [1.165, 1.54) is 53.5 Å². The van der Waals surface area contributed by atoms with Crippen LogP contribution in [0.1, 0.15) is 93.0 Å².